The monoisotopic (exact) mass is 281 g/mol. The second kappa shape index (κ2) is 5.00. The standard InChI is InChI=1S/C13H11NO2S.ClH/c15-13(16)11-7-8-5-6-14-10-4-2-1-3-9(10)12(8)17-11;/h1-4,7,14H,5-6H2,(H,15,16);1H. The van der Waals surface area contributed by atoms with E-state index < -0.39 is 5.97 Å². The van der Waals surface area contributed by atoms with E-state index in [1.165, 1.54) is 11.3 Å². The van der Waals surface area contributed by atoms with Crippen LogP contribution in [-0.2, 0) is 6.42 Å². The van der Waals surface area contributed by atoms with E-state index in [-0.39, 0.29) is 12.4 Å². The minimum absolute atomic E-state index is 0. The molecule has 0 unspecified atom stereocenters. The minimum Gasteiger partial charge on any atom is -0.477 e. The van der Waals surface area contributed by atoms with Crippen LogP contribution in [-0.4, -0.2) is 17.6 Å². The fourth-order valence-electron chi connectivity index (χ4n) is 2.11. The maximum atomic E-state index is 11.0. The Morgan fingerprint density at radius 2 is 2.11 bits per heavy atom. The summed E-state index contributed by atoms with van der Waals surface area (Å²) in [7, 11) is 0. The summed E-state index contributed by atoms with van der Waals surface area (Å²) < 4.78 is 0. The highest BCUT2D eigenvalue weighted by Crippen LogP contribution is 2.39. The predicted octanol–water partition coefficient (Wildman–Crippen LogP) is 3.50. The molecule has 18 heavy (non-hydrogen) atoms. The Bertz CT molecular complexity index is 594. The molecule has 0 fully saturated rings. The Morgan fingerprint density at radius 3 is 2.89 bits per heavy atom. The number of fused-ring (bicyclic) bond motifs is 3. The molecule has 0 radical (unpaired) electrons. The summed E-state index contributed by atoms with van der Waals surface area (Å²) in [5, 5.41) is 12.4. The number of rotatable bonds is 1. The number of para-hydroxylation sites is 1. The molecule has 0 bridgehead atoms. The zero-order valence-corrected chi connectivity index (χ0v) is 11.1. The smallest absolute Gasteiger partial charge is 0.345 e. The van der Waals surface area contributed by atoms with Crippen molar-refractivity contribution in [2.24, 2.45) is 0 Å². The van der Waals surface area contributed by atoms with E-state index in [4.69, 9.17) is 5.11 Å². The van der Waals surface area contributed by atoms with Gasteiger partial charge in [0, 0.05) is 22.7 Å². The number of benzene rings is 1. The largest absolute Gasteiger partial charge is 0.477 e. The lowest BCUT2D eigenvalue weighted by Gasteiger charge is -2.06. The van der Waals surface area contributed by atoms with Gasteiger partial charge in [-0.3, -0.25) is 0 Å². The number of nitrogens with one attached hydrogen (secondary N) is 1. The van der Waals surface area contributed by atoms with Gasteiger partial charge in [-0.25, -0.2) is 4.79 Å². The summed E-state index contributed by atoms with van der Waals surface area (Å²) in [6, 6.07) is 9.84. The molecule has 2 heterocycles. The number of thiophene rings is 1. The Hall–Kier alpha value is -1.52. The van der Waals surface area contributed by atoms with Gasteiger partial charge in [0.25, 0.3) is 0 Å². The number of hydrogen-bond acceptors (Lipinski definition) is 3. The summed E-state index contributed by atoms with van der Waals surface area (Å²) in [5.41, 5.74) is 3.33. The Kier molecular flexibility index (Phi) is 3.59. The quantitative estimate of drug-likeness (QED) is 0.841. The zero-order valence-electron chi connectivity index (χ0n) is 9.47. The Morgan fingerprint density at radius 1 is 1.33 bits per heavy atom. The molecule has 1 aliphatic rings. The second-order valence-electron chi connectivity index (χ2n) is 3.99. The van der Waals surface area contributed by atoms with Crippen LogP contribution in [0.3, 0.4) is 0 Å². The summed E-state index contributed by atoms with van der Waals surface area (Å²) in [5.74, 6) is -0.839. The number of aromatic carboxylic acids is 1. The van der Waals surface area contributed by atoms with Gasteiger partial charge in [0.1, 0.15) is 4.88 Å². The third-order valence-electron chi connectivity index (χ3n) is 2.90. The number of carboxylic acid groups (broad SMARTS) is 1. The van der Waals surface area contributed by atoms with Gasteiger partial charge < -0.3 is 10.4 Å². The van der Waals surface area contributed by atoms with Gasteiger partial charge >= 0.3 is 5.97 Å². The first-order valence-electron chi connectivity index (χ1n) is 5.45. The molecule has 1 aliphatic heterocycles. The van der Waals surface area contributed by atoms with Crippen LogP contribution in [0.2, 0.25) is 0 Å². The van der Waals surface area contributed by atoms with Crippen LogP contribution < -0.4 is 5.32 Å². The van der Waals surface area contributed by atoms with E-state index in [1.807, 2.05) is 24.3 Å². The average molecular weight is 282 g/mol. The third-order valence-corrected chi connectivity index (χ3v) is 4.10. The molecular formula is C13H12ClNO2S. The van der Waals surface area contributed by atoms with Gasteiger partial charge in [0.15, 0.2) is 0 Å². The van der Waals surface area contributed by atoms with Crippen LogP contribution in [0.15, 0.2) is 30.3 Å². The van der Waals surface area contributed by atoms with Crippen LogP contribution in [0.1, 0.15) is 15.2 Å². The van der Waals surface area contributed by atoms with Crippen LogP contribution in [0.4, 0.5) is 5.69 Å². The van der Waals surface area contributed by atoms with Crippen LogP contribution in [0.25, 0.3) is 10.4 Å². The predicted molar refractivity (Wildman–Crippen MR) is 76.2 cm³/mol. The summed E-state index contributed by atoms with van der Waals surface area (Å²) >= 11 is 1.36. The molecule has 3 rings (SSSR count). The molecule has 2 aromatic rings. The first-order valence-corrected chi connectivity index (χ1v) is 6.26. The lowest BCUT2D eigenvalue weighted by atomic mass is 10.1. The maximum absolute atomic E-state index is 11.0. The van der Waals surface area contributed by atoms with E-state index in [1.54, 1.807) is 6.07 Å². The van der Waals surface area contributed by atoms with E-state index in [0.717, 1.165) is 34.7 Å². The molecular weight excluding hydrogens is 270 g/mol. The van der Waals surface area contributed by atoms with Crippen LogP contribution in [0, 0.1) is 0 Å². The zero-order chi connectivity index (χ0) is 11.8. The van der Waals surface area contributed by atoms with Crippen LogP contribution in [0.5, 0.6) is 0 Å². The SMILES string of the molecule is Cl.O=C(O)c1cc2c(s1)-c1ccccc1NCC2. The van der Waals surface area contributed by atoms with Crippen molar-refractivity contribution in [2.45, 2.75) is 6.42 Å². The number of carbonyl (C=O) groups is 1. The summed E-state index contributed by atoms with van der Waals surface area (Å²) in [6.07, 6.45) is 0.869. The lowest BCUT2D eigenvalue weighted by Crippen LogP contribution is -2.02. The van der Waals surface area contributed by atoms with Crippen molar-refractivity contribution in [3.8, 4) is 10.4 Å². The summed E-state index contributed by atoms with van der Waals surface area (Å²) in [6.45, 7) is 0.847. The average Bonchev–Trinajstić information content (AvgIpc) is 2.67. The Balaban J connectivity index is 0.00000120. The van der Waals surface area contributed by atoms with Gasteiger partial charge in [-0.15, -0.1) is 23.7 Å². The highest BCUT2D eigenvalue weighted by atomic mass is 35.5. The summed E-state index contributed by atoms with van der Waals surface area (Å²) in [4.78, 5) is 12.5. The van der Waals surface area contributed by atoms with Gasteiger partial charge in [0.2, 0.25) is 0 Å². The molecule has 0 atom stereocenters. The molecule has 0 aliphatic carbocycles. The van der Waals surface area contributed by atoms with Crippen molar-refractivity contribution in [3.63, 3.8) is 0 Å². The van der Waals surface area contributed by atoms with Crippen molar-refractivity contribution < 1.29 is 9.90 Å². The van der Waals surface area contributed by atoms with Gasteiger partial charge in [-0.1, -0.05) is 18.2 Å². The number of hydrogen-bond donors (Lipinski definition) is 2. The highest BCUT2D eigenvalue weighted by Gasteiger charge is 2.19. The van der Waals surface area contributed by atoms with E-state index in [0.29, 0.717) is 4.88 Å². The number of carboxylic acids is 1. The first kappa shape index (κ1) is 12.9. The van der Waals surface area contributed by atoms with Crippen molar-refractivity contribution in [3.05, 3.63) is 40.8 Å². The van der Waals surface area contributed by atoms with Gasteiger partial charge in [-0.2, -0.15) is 0 Å². The molecule has 2 N–H and O–H groups in total. The van der Waals surface area contributed by atoms with Gasteiger partial charge in [0.05, 0.1) is 0 Å². The molecule has 3 nitrogen and oxygen atoms in total. The van der Waals surface area contributed by atoms with Crippen LogP contribution >= 0.6 is 23.7 Å². The molecule has 0 saturated heterocycles. The van der Waals surface area contributed by atoms with E-state index >= 15 is 0 Å². The fourth-order valence-corrected chi connectivity index (χ4v) is 3.20. The molecule has 0 amide bonds. The number of halogens is 1. The molecule has 94 valence electrons. The van der Waals surface area contributed by atoms with E-state index in [9.17, 15) is 4.79 Å². The lowest BCUT2D eigenvalue weighted by molar-refractivity contribution is 0.0702. The second-order valence-corrected chi connectivity index (χ2v) is 5.04. The van der Waals surface area contributed by atoms with Crippen molar-refractivity contribution in [2.75, 3.05) is 11.9 Å². The van der Waals surface area contributed by atoms with Crippen molar-refractivity contribution in [1.82, 2.24) is 0 Å². The topological polar surface area (TPSA) is 49.3 Å². The molecule has 1 aromatic heterocycles. The van der Waals surface area contributed by atoms with E-state index in [2.05, 4.69) is 5.32 Å². The van der Waals surface area contributed by atoms with Gasteiger partial charge in [-0.05, 0) is 24.1 Å². The molecule has 0 saturated carbocycles. The maximum Gasteiger partial charge on any atom is 0.345 e. The highest BCUT2D eigenvalue weighted by molar-refractivity contribution is 7.17. The van der Waals surface area contributed by atoms with Crippen molar-refractivity contribution >= 4 is 35.4 Å². The normalized spacial score (nSPS) is 12.4. The van der Waals surface area contributed by atoms with Crippen molar-refractivity contribution in [1.29, 1.82) is 0 Å². The molecule has 0 spiro atoms. The first-order chi connectivity index (χ1) is 8.25. The fraction of sp³-hybridized carbons (Fsp3) is 0.154. The minimum atomic E-state index is -0.839. The third kappa shape index (κ3) is 2.09. The molecule has 5 heteroatoms. The molecule has 1 aromatic carbocycles. The Labute approximate surface area is 115 Å². The number of anilines is 1.